The molecule has 1 saturated heterocycles. The van der Waals surface area contributed by atoms with Crippen LogP contribution in [-0.2, 0) is 4.79 Å². The summed E-state index contributed by atoms with van der Waals surface area (Å²) in [6.07, 6.45) is 2.04. The predicted molar refractivity (Wildman–Crippen MR) is 76.7 cm³/mol. The van der Waals surface area contributed by atoms with Gasteiger partial charge in [0.25, 0.3) is 0 Å². The van der Waals surface area contributed by atoms with Gasteiger partial charge in [-0.1, -0.05) is 5.16 Å². The molecule has 2 aromatic rings. The van der Waals surface area contributed by atoms with Crippen molar-refractivity contribution in [2.75, 3.05) is 11.1 Å². The Bertz CT molecular complexity index is 656. The van der Waals surface area contributed by atoms with Gasteiger partial charge in [0.2, 0.25) is 5.91 Å². The number of benzene rings is 1. The molecule has 104 valence electrons. The van der Waals surface area contributed by atoms with E-state index >= 15 is 0 Å². The van der Waals surface area contributed by atoms with E-state index in [4.69, 9.17) is 0 Å². The van der Waals surface area contributed by atoms with E-state index in [1.165, 1.54) is 0 Å². The number of carbonyl (C=O) groups excluding carboxylic acids is 1. The summed E-state index contributed by atoms with van der Waals surface area (Å²) in [4.78, 5) is 25.3. The molecule has 1 fully saturated rings. The molecule has 1 aliphatic heterocycles. The molecule has 1 unspecified atom stereocenters. The number of nitrogens with one attached hydrogen (secondary N) is 2. The smallest absolute Gasteiger partial charge is 0.325 e. The van der Waals surface area contributed by atoms with Crippen LogP contribution in [0.15, 0.2) is 33.6 Å². The highest BCUT2D eigenvalue weighted by Crippen LogP contribution is 2.27. The van der Waals surface area contributed by atoms with Gasteiger partial charge < -0.3 is 5.32 Å². The summed E-state index contributed by atoms with van der Waals surface area (Å²) in [5, 5.41) is 6.56. The SMILES string of the molecule is O=C(Nc1ccc(-c2noc(=O)[nH]2)cc1)C1CCCS1. The lowest BCUT2D eigenvalue weighted by Gasteiger charge is -2.09. The third-order valence-electron chi connectivity index (χ3n) is 3.09. The molecule has 1 atom stereocenters. The van der Waals surface area contributed by atoms with Crippen LogP contribution in [0.3, 0.4) is 0 Å². The average molecular weight is 291 g/mol. The fourth-order valence-corrected chi connectivity index (χ4v) is 3.23. The predicted octanol–water partition coefficient (Wildman–Crippen LogP) is 1.86. The highest BCUT2D eigenvalue weighted by Gasteiger charge is 2.23. The number of carbonyl (C=O) groups is 1. The van der Waals surface area contributed by atoms with Crippen molar-refractivity contribution >= 4 is 23.4 Å². The molecule has 2 N–H and O–H groups in total. The minimum atomic E-state index is -0.587. The van der Waals surface area contributed by atoms with Gasteiger partial charge in [-0.3, -0.25) is 14.3 Å². The van der Waals surface area contributed by atoms with Gasteiger partial charge in [-0.2, -0.15) is 0 Å². The highest BCUT2D eigenvalue weighted by atomic mass is 32.2. The van der Waals surface area contributed by atoms with Gasteiger partial charge >= 0.3 is 5.76 Å². The lowest BCUT2D eigenvalue weighted by molar-refractivity contribution is -0.115. The first kappa shape index (κ1) is 13.0. The number of aromatic nitrogens is 2. The Morgan fingerprint density at radius 3 is 2.80 bits per heavy atom. The molecule has 0 saturated carbocycles. The summed E-state index contributed by atoms with van der Waals surface area (Å²) in [7, 11) is 0. The van der Waals surface area contributed by atoms with Crippen molar-refractivity contribution in [3.8, 4) is 11.4 Å². The molecule has 1 aromatic carbocycles. The Labute approximate surface area is 118 Å². The average Bonchev–Trinajstić information content (AvgIpc) is 3.10. The molecule has 7 heteroatoms. The second-order valence-corrected chi connectivity index (χ2v) is 5.82. The number of aromatic amines is 1. The Kier molecular flexibility index (Phi) is 3.60. The molecule has 3 rings (SSSR count). The largest absolute Gasteiger partial charge is 0.439 e. The summed E-state index contributed by atoms with van der Waals surface area (Å²) >= 11 is 1.70. The van der Waals surface area contributed by atoms with Crippen LogP contribution in [0.5, 0.6) is 0 Å². The Hall–Kier alpha value is -2.02. The summed E-state index contributed by atoms with van der Waals surface area (Å²) in [5.74, 6) is 0.890. The van der Waals surface area contributed by atoms with Crippen LogP contribution in [0.25, 0.3) is 11.4 Å². The maximum atomic E-state index is 12.0. The van der Waals surface area contributed by atoms with Crippen LogP contribution in [-0.4, -0.2) is 27.1 Å². The van der Waals surface area contributed by atoms with E-state index in [1.807, 2.05) is 0 Å². The molecular formula is C13H13N3O3S. The maximum absolute atomic E-state index is 12.0. The standard InChI is InChI=1S/C13H13N3O3S/c17-12(10-2-1-7-20-10)14-9-5-3-8(4-6-9)11-15-13(18)19-16-11/h3-6,10H,1-2,7H2,(H,14,17)(H,15,16,18). The lowest BCUT2D eigenvalue weighted by atomic mass is 10.2. The zero-order valence-electron chi connectivity index (χ0n) is 10.6. The maximum Gasteiger partial charge on any atom is 0.439 e. The zero-order chi connectivity index (χ0) is 13.9. The fraction of sp³-hybridized carbons (Fsp3) is 0.308. The topological polar surface area (TPSA) is 88.0 Å². The van der Waals surface area contributed by atoms with Crippen molar-refractivity contribution in [3.63, 3.8) is 0 Å². The zero-order valence-corrected chi connectivity index (χ0v) is 11.4. The summed E-state index contributed by atoms with van der Waals surface area (Å²) in [6.45, 7) is 0. The van der Waals surface area contributed by atoms with Crippen LogP contribution in [0.1, 0.15) is 12.8 Å². The molecule has 0 spiro atoms. The van der Waals surface area contributed by atoms with Crippen molar-refractivity contribution in [3.05, 3.63) is 34.8 Å². The minimum Gasteiger partial charge on any atom is -0.325 e. The molecule has 0 radical (unpaired) electrons. The highest BCUT2D eigenvalue weighted by molar-refractivity contribution is 8.00. The Balaban J connectivity index is 1.69. The van der Waals surface area contributed by atoms with Crippen molar-refractivity contribution in [2.45, 2.75) is 18.1 Å². The molecule has 1 amide bonds. The number of anilines is 1. The number of nitrogens with zero attached hydrogens (tertiary/aromatic N) is 1. The van der Waals surface area contributed by atoms with Crippen molar-refractivity contribution in [2.24, 2.45) is 0 Å². The van der Waals surface area contributed by atoms with E-state index < -0.39 is 5.76 Å². The summed E-state index contributed by atoms with van der Waals surface area (Å²) in [5.41, 5.74) is 1.46. The third-order valence-corrected chi connectivity index (χ3v) is 4.46. The lowest BCUT2D eigenvalue weighted by Crippen LogP contribution is -2.22. The number of rotatable bonds is 3. The second kappa shape index (κ2) is 5.54. The molecule has 2 heterocycles. The van der Waals surface area contributed by atoms with Gasteiger partial charge in [0.1, 0.15) is 0 Å². The van der Waals surface area contributed by atoms with Gasteiger partial charge in [0, 0.05) is 11.3 Å². The van der Waals surface area contributed by atoms with E-state index in [0.29, 0.717) is 5.82 Å². The van der Waals surface area contributed by atoms with Crippen LogP contribution in [0, 0.1) is 0 Å². The molecule has 1 aromatic heterocycles. The molecule has 0 bridgehead atoms. The van der Waals surface area contributed by atoms with Crippen LogP contribution < -0.4 is 11.1 Å². The van der Waals surface area contributed by atoms with Gasteiger partial charge in [0.15, 0.2) is 5.82 Å². The molecule has 6 nitrogen and oxygen atoms in total. The van der Waals surface area contributed by atoms with Gasteiger partial charge in [-0.05, 0) is 42.9 Å². The van der Waals surface area contributed by atoms with E-state index in [0.717, 1.165) is 29.8 Å². The Morgan fingerprint density at radius 2 is 2.20 bits per heavy atom. The fourth-order valence-electron chi connectivity index (χ4n) is 2.07. The van der Waals surface area contributed by atoms with Gasteiger partial charge in [-0.25, -0.2) is 4.79 Å². The molecule has 1 aliphatic rings. The van der Waals surface area contributed by atoms with Crippen LogP contribution in [0.4, 0.5) is 5.69 Å². The van der Waals surface area contributed by atoms with E-state index in [1.54, 1.807) is 36.0 Å². The molecular weight excluding hydrogens is 278 g/mol. The van der Waals surface area contributed by atoms with Gasteiger partial charge in [-0.15, -0.1) is 11.8 Å². The minimum absolute atomic E-state index is 0.0510. The van der Waals surface area contributed by atoms with E-state index in [9.17, 15) is 9.59 Å². The number of hydrogen-bond acceptors (Lipinski definition) is 5. The number of H-pyrrole nitrogens is 1. The van der Waals surface area contributed by atoms with Crippen molar-refractivity contribution in [1.29, 1.82) is 0 Å². The molecule has 20 heavy (non-hydrogen) atoms. The molecule has 0 aliphatic carbocycles. The Morgan fingerprint density at radius 1 is 1.40 bits per heavy atom. The first-order chi connectivity index (χ1) is 9.72. The number of thioether (sulfide) groups is 1. The van der Waals surface area contributed by atoms with E-state index in [-0.39, 0.29) is 11.2 Å². The number of amides is 1. The van der Waals surface area contributed by atoms with Gasteiger partial charge in [0.05, 0.1) is 5.25 Å². The summed E-state index contributed by atoms with van der Waals surface area (Å²) in [6, 6.07) is 7.09. The van der Waals surface area contributed by atoms with Crippen LogP contribution in [0.2, 0.25) is 0 Å². The first-order valence-corrected chi connectivity index (χ1v) is 7.36. The monoisotopic (exact) mass is 291 g/mol. The van der Waals surface area contributed by atoms with Crippen molar-refractivity contribution in [1.82, 2.24) is 10.1 Å². The first-order valence-electron chi connectivity index (χ1n) is 6.31. The third kappa shape index (κ3) is 2.77. The normalized spacial score (nSPS) is 18.1. The number of hydrogen-bond donors (Lipinski definition) is 2. The quantitative estimate of drug-likeness (QED) is 0.901. The van der Waals surface area contributed by atoms with Crippen molar-refractivity contribution < 1.29 is 9.32 Å². The van der Waals surface area contributed by atoms with E-state index in [2.05, 4.69) is 20.0 Å². The van der Waals surface area contributed by atoms with Crippen LogP contribution >= 0.6 is 11.8 Å². The summed E-state index contributed by atoms with van der Waals surface area (Å²) < 4.78 is 4.45. The second-order valence-electron chi connectivity index (χ2n) is 4.51.